The number of ether oxygens (including phenoxy) is 2. The third-order valence-electron chi connectivity index (χ3n) is 5.01. The number of nitrogens with zero attached hydrogens (tertiary/aromatic N) is 1. The maximum absolute atomic E-state index is 12.6. The number of halogens is 1. The van der Waals surface area contributed by atoms with Crippen LogP contribution in [0.5, 0.6) is 11.5 Å². The highest BCUT2D eigenvalue weighted by molar-refractivity contribution is 6.30. The Labute approximate surface area is 171 Å². The van der Waals surface area contributed by atoms with Crippen LogP contribution in [-0.4, -0.2) is 43.7 Å². The lowest BCUT2D eigenvalue weighted by Crippen LogP contribution is -2.42. The monoisotopic (exact) mass is 402 g/mol. The van der Waals surface area contributed by atoms with E-state index in [4.69, 9.17) is 21.1 Å². The number of rotatable bonds is 8. The van der Waals surface area contributed by atoms with E-state index in [0.717, 1.165) is 24.4 Å². The number of methoxy groups -OCH3 is 1. The fourth-order valence-electron chi connectivity index (χ4n) is 3.50. The zero-order valence-electron chi connectivity index (χ0n) is 16.4. The topological polar surface area (TPSA) is 50.8 Å². The van der Waals surface area contributed by atoms with Crippen LogP contribution in [0.1, 0.15) is 31.4 Å². The minimum atomic E-state index is -0.608. The zero-order valence-corrected chi connectivity index (χ0v) is 17.1. The number of amides is 1. The average Bonchev–Trinajstić information content (AvgIpc) is 3.22. The summed E-state index contributed by atoms with van der Waals surface area (Å²) in [6.07, 6.45) is 1.76. The van der Waals surface area contributed by atoms with E-state index in [2.05, 4.69) is 16.3 Å². The first-order chi connectivity index (χ1) is 13.6. The van der Waals surface area contributed by atoms with Gasteiger partial charge >= 0.3 is 0 Å². The van der Waals surface area contributed by atoms with Gasteiger partial charge in [0.05, 0.1) is 13.2 Å². The van der Waals surface area contributed by atoms with Gasteiger partial charge < -0.3 is 14.8 Å². The Kier molecular flexibility index (Phi) is 7.18. The Morgan fingerprint density at radius 1 is 1.14 bits per heavy atom. The molecule has 0 saturated carbocycles. The summed E-state index contributed by atoms with van der Waals surface area (Å²) in [6.45, 7) is 4.33. The predicted octanol–water partition coefficient (Wildman–Crippen LogP) is 4.07. The van der Waals surface area contributed by atoms with Gasteiger partial charge in [-0.05, 0) is 68.8 Å². The fraction of sp³-hybridized carbons (Fsp3) is 0.409. The van der Waals surface area contributed by atoms with Gasteiger partial charge in [0.2, 0.25) is 0 Å². The summed E-state index contributed by atoms with van der Waals surface area (Å²) in [5, 5.41) is 3.63. The molecule has 0 radical (unpaired) electrons. The van der Waals surface area contributed by atoms with Crippen molar-refractivity contribution in [3.05, 3.63) is 59.1 Å². The van der Waals surface area contributed by atoms with Crippen LogP contribution in [-0.2, 0) is 4.79 Å². The first-order valence-electron chi connectivity index (χ1n) is 9.65. The van der Waals surface area contributed by atoms with E-state index in [0.29, 0.717) is 17.3 Å². The van der Waals surface area contributed by atoms with Gasteiger partial charge in [-0.3, -0.25) is 9.69 Å². The third-order valence-corrected chi connectivity index (χ3v) is 5.24. The highest BCUT2D eigenvalue weighted by atomic mass is 35.5. The summed E-state index contributed by atoms with van der Waals surface area (Å²) < 4.78 is 11.1. The number of benzene rings is 2. The summed E-state index contributed by atoms with van der Waals surface area (Å²) in [5.41, 5.74) is 1.14. The Morgan fingerprint density at radius 3 is 2.57 bits per heavy atom. The Balaban J connectivity index is 1.64. The van der Waals surface area contributed by atoms with Crippen LogP contribution >= 0.6 is 11.6 Å². The van der Waals surface area contributed by atoms with Gasteiger partial charge in [0, 0.05) is 11.6 Å². The molecule has 2 aromatic carbocycles. The molecule has 1 heterocycles. The highest BCUT2D eigenvalue weighted by Crippen LogP contribution is 2.27. The van der Waals surface area contributed by atoms with Gasteiger partial charge in [-0.2, -0.15) is 0 Å². The quantitative estimate of drug-likeness (QED) is 0.723. The molecule has 150 valence electrons. The van der Waals surface area contributed by atoms with Crippen molar-refractivity contribution in [2.24, 2.45) is 0 Å². The van der Waals surface area contributed by atoms with Crippen LogP contribution in [0.2, 0.25) is 5.02 Å². The van der Waals surface area contributed by atoms with Crippen molar-refractivity contribution in [1.82, 2.24) is 10.2 Å². The van der Waals surface area contributed by atoms with Crippen molar-refractivity contribution in [2.75, 3.05) is 26.7 Å². The fourth-order valence-corrected chi connectivity index (χ4v) is 3.68. The molecule has 0 bridgehead atoms. The van der Waals surface area contributed by atoms with Gasteiger partial charge in [-0.25, -0.2) is 0 Å². The number of hydrogen-bond donors (Lipinski definition) is 1. The molecule has 1 fully saturated rings. The molecule has 1 aliphatic heterocycles. The van der Waals surface area contributed by atoms with Crippen LogP contribution in [0.25, 0.3) is 0 Å². The molecule has 6 heteroatoms. The summed E-state index contributed by atoms with van der Waals surface area (Å²) in [6, 6.07) is 15.2. The molecule has 3 rings (SSSR count). The molecule has 5 nitrogen and oxygen atoms in total. The smallest absolute Gasteiger partial charge is 0.260 e. The lowest BCUT2D eigenvalue weighted by molar-refractivity contribution is -0.127. The summed E-state index contributed by atoms with van der Waals surface area (Å²) in [7, 11) is 1.67. The molecule has 0 aliphatic carbocycles. The number of carbonyl (C=O) groups excluding carboxylic acids is 1. The van der Waals surface area contributed by atoms with E-state index < -0.39 is 6.10 Å². The Bertz CT molecular complexity index is 793. The Morgan fingerprint density at radius 2 is 1.86 bits per heavy atom. The molecular formula is C22H27ClN2O3. The minimum Gasteiger partial charge on any atom is -0.497 e. The maximum atomic E-state index is 12.6. The van der Waals surface area contributed by atoms with E-state index in [1.54, 1.807) is 38.3 Å². The number of hydrogen-bond acceptors (Lipinski definition) is 4. The zero-order chi connectivity index (χ0) is 19.9. The molecule has 0 aromatic heterocycles. The van der Waals surface area contributed by atoms with Crippen molar-refractivity contribution < 1.29 is 14.3 Å². The SMILES string of the molecule is COc1cccc(C(CNC(=O)C(C)Oc2cccc(Cl)c2)N2CCCC2)c1. The highest BCUT2D eigenvalue weighted by Gasteiger charge is 2.25. The standard InChI is InChI=1S/C22H27ClN2O3/c1-16(28-20-10-6-8-18(23)14-20)22(26)24-15-21(25-11-3-4-12-25)17-7-5-9-19(13-17)27-2/h5-10,13-14,16,21H,3-4,11-12,15H2,1-2H3,(H,24,26). The van der Waals surface area contributed by atoms with Crippen molar-refractivity contribution in [1.29, 1.82) is 0 Å². The van der Waals surface area contributed by atoms with Crippen LogP contribution in [0.3, 0.4) is 0 Å². The van der Waals surface area contributed by atoms with E-state index in [-0.39, 0.29) is 11.9 Å². The second-order valence-electron chi connectivity index (χ2n) is 7.00. The second-order valence-corrected chi connectivity index (χ2v) is 7.43. The van der Waals surface area contributed by atoms with Gasteiger partial charge in [0.1, 0.15) is 11.5 Å². The van der Waals surface area contributed by atoms with Crippen molar-refractivity contribution in [2.45, 2.75) is 31.9 Å². The van der Waals surface area contributed by atoms with E-state index in [1.165, 1.54) is 12.8 Å². The molecule has 2 aromatic rings. The molecule has 1 saturated heterocycles. The van der Waals surface area contributed by atoms with Gasteiger partial charge in [-0.1, -0.05) is 29.8 Å². The molecule has 28 heavy (non-hydrogen) atoms. The van der Waals surface area contributed by atoms with E-state index in [9.17, 15) is 4.79 Å². The molecule has 1 amide bonds. The second kappa shape index (κ2) is 9.80. The number of likely N-dealkylation sites (tertiary alicyclic amines) is 1. The van der Waals surface area contributed by atoms with Crippen LogP contribution in [0, 0.1) is 0 Å². The maximum Gasteiger partial charge on any atom is 0.260 e. The average molecular weight is 403 g/mol. The summed E-state index contributed by atoms with van der Waals surface area (Å²) >= 11 is 5.98. The van der Waals surface area contributed by atoms with Crippen LogP contribution in [0.4, 0.5) is 0 Å². The lowest BCUT2D eigenvalue weighted by Gasteiger charge is -2.29. The van der Waals surface area contributed by atoms with Crippen LogP contribution < -0.4 is 14.8 Å². The first-order valence-corrected chi connectivity index (χ1v) is 10.0. The third kappa shape index (κ3) is 5.40. The van der Waals surface area contributed by atoms with Crippen molar-refractivity contribution in [3.63, 3.8) is 0 Å². The van der Waals surface area contributed by atoms with E-state index >= 15 is 0 Å². The largest absolute Gasteiger partial charge is 0.497 e. The molecule has 2 atom stereocenters. The van der Waals surface area contributed by atoms with Gasteiger partial charge in [0.25, 0.3) is 5.91 Å². The van der Waals surface area contributed by atoms with Crippen molar-refractivity contribution in [3.8, 4) is 11.5 Å². The lowest BCUT2D eigenvalue weighted by atomic mass is 10.0. The summed E-state index contributed by atoms with van der Waals surface area (Å²) in [5.74, 6) is 1.26. The molecular weight excluding hydrogens is 376 g/mol. The van der Waals surface area contributed by atoms with Crippen molar-refractivity contribution >= 4 is 17.5 Å². The van der Waals surface area contributed by atoms with E-state index in [1.807, 2.05) is 18.2 Å². The predicted molar refractivity (Wildman–Crippen MR) is 111 cm³/mol. The number of nitrogens with one attached hydrogen (secondary N) is 1. The molecule has 2 unspecified atom stereocenters. The number of carbonyl (C=O) groups is 1. The summed E-state index contributed by atoms with van der Waals surface area (Å²) in [4.78, 5) is 15.0. The molecule has 1 aliphatic rings. The minimum absolute atomic E-state index is 0.111. The molecule has 1 N–H and O–H groups in total. The van der Waals surface area contributed by atoms with Gasteiger partial charge in [0.15, 0.2) is 6.10 Å². The first kappa shape index (κ1) is 20.5. The normalized spacial score (nSPS) is 16.4. The van der Waals surface area contributed by atoms with Crippen LogP contribution in [0.15, 0.2) is 48.5 Å². The Hall–Kier alpha value is -2.24. The van der Waals surface area contributed by atoms with Gasteiger partial charge in [-0.15, -0.1) is 0 Å². The molecule has 0 spiro atoms.